The highest BCUT2D eigenvalue weighted by molar-refractivity contribution is 6.01. The number of hydrogen-bond donors (Lipinski definition) is 1. The predicted molar refractivity (Wildman–Crippen MR) is 74.2 cm³/mol. The van der Waals surface area contributed by atoms with Gasteiger partial charge in [0, 0.05) is 12.3 Å². The third kappa shape index (κ3) is 3.07. The maximum Gasteiger partial charge on any atom is 0.317 e. The molecule has 1 aromatic carbocycles. The molecule has 1 aromatic rings. The van der Waals surface area contributed by atoms with Crippen molar-refractivity contribution in [2.45, 2.75) is 38.2 Å². The van der Waals surface area contributed by atoms with E-state index in [-0.39, 0.29) is 24.7 Å². The molecule has 0 spiro atoms. The molecule has 0 unspecified atom stereocenters. The van der Waals surface area contributed by atoms with E-state index >= 15 is 0 Å². The lowest BCUT2D eigenvalue weighted by Crippen LogP contribution is -2.45. The van der Waals surface area contributed by atoms with E-state index in [1.165, 1.54) is 0 Å². The zero-order valence-corrected chi connectivity index (χ0v) is 11.8. The fourth-order valence-electron chi connectivity index (χ4n) is 2.91. The van der Waals surface area contributed by atoms with Crippen molar-refractivity contribution < 1.29 is 19.4 Å². The lowest BCUT2D eigenvalue weighted by atomic mass is 9.69. The molecule has 0 aromatic heterocycles. The standard InChI is InChI=1S/C16H20O4/c1-3-20-15(18)14-12(11-7-5-4-6-8-11)9-16(2,19)10-13(14)17/h4-8,12,14,19H,3,9-10H2,1-2H3/t12-,14-,16-/m0/s1. The van der Waals surface area contributed by atoms with Crippen molar-refractivity contribution in [3.05, 3.63) is 35.9 Å². The molecule has 0 radical (unpaired) electrons. The summed E-state index contributed by atoms with van der Waals surface area (Å²) in [5, 5.41) is 10.2. The fraction of sp³-hybridized carbons (Fsp3) is 0.500. The van der Waals surface area contributed by atoms with Gasteiger partial charge in [-0.2, -0.15) is 0 Å². The second-order valence-corrected chi connectivity index (χ2v) is 5.59. The van der Waals surface area contributed by atoms with E-state index in [1.54, 1.807) is 13.8 Å². The van der Waals surface area contributed by atoms with Crippen LogP contribution in [-0.4, -0.2) is 29.1 Å². The molecule has 108 valence electrons. The maximum absolute atomic E-state index is 12.2. The number of carbonyl (C=O) groups is 2. The normalized spacial score (nSPS) is 30.1. The molecule has 0 bridgehead atoms. The fourth-order valence-corrected chi connectivity index (χ4v) is 2.91. The van der Waals surface area contributed by atoms with Crippen LogP contribution in [-0.2, 0) is 14.3 Å². The summed E-state index contributed by atoms with van der Waals surface area (Å²) >= 11 is 0. The summed E-state index contributed by atoms with van der Waals surface area (Å²) in [7, 11) is 0. The van der Waals surface area contributed by atoms with Gasteiger partial charge in [0.25, 0.3) is 0 Å². The predicted octanol–water partition coefficient (Wildman–Crippen LogP) is 2.06. The van der Waals surface area contributed by atoms with E-state index in [0.717, 1.165) is 5.56 Å². The maximum atomic E-state index is 12.2. The molecule has 1 saturated carbocycles. The third-order valence-electron chi connectivity index (χ3n) is 3.73. The first-order chi connectivity index (χ1) is 9.44. The number of carbonyl (C=O) groups excluding carboxylic acids is 2. The summed E-state index contributed by atoms with van der Waals surface area (Å²) < 4.78 is 5.03. The van der Waals surface area contributed by atoms with Crippen molar-refractivity contribution in [3.8, 4) is 0 Å². The molecule has 4 nitrogen and oxygen atoms in total. The Hall–Kier alpha value is -1.68. The number of Topliss-reactive ketones (excluding diaryl/α,β-unsaturated/α-hetero) is 1. The zero-order valence-electron chi connectivity index (χ0n) is 11.8. The third-order valence-corrected chi connectivity index (χ3v) is 3.73. The van der Waals surface area contributed by atoms with Gasteiger partial charge in [-0.1, -0.05) is 30.3 Å². The van der Waals surface area contributed by atoms with Crippen LogP contribution >= 0.6 is 0 Å². The second-order valence-electron chi connectivity index (χ2n) is 5.59. The number of ketones is 1. The van der Waals surface area contributed by atoms with Gasteiger partial charge in [0.1, 0.15) is 5.92 Å². The molecule has 0 amide bonds. The number of rotatable bonds is 3. The molecule has 0 saturated heterocycles. The Kier molecular flexibility index (Phi) is 4.23. The molecule has 2 rings (SSSR count). The molecule has 4 heteroatoms. The molecule has 1 aliphatic carbocycles. The number of ether oxygens (including phenoxy) is 1. The monoisotopic (exact) mass is 276 g/mol. The van der Waals surface area contributed by atoms with Gasteiger partial charge in [0.2, 0.25) is 0 Å². The van der Waals surface area contributed by atoms with Crippen LogP contribution in [0, 0.1) is 5.92 Å². The first-order valence-electron chi connectivity index (χ1n) is 6.91. The zero-order chi connectivity index (χ0) is 14.8. The second kappa shape index (κ2) is 5.75. The van der Waals surface area contributed by atoms with Gasteiger partial charge in [-0.05, 0) is 25.8 Å². The minimum absolute atomic E-state index is 0.000184. The van der Waals surface area contributed by atoms with Crippen LogP contribution in [0.3, 0.4) is 0 Å². The van der Waals surface area contributed by atoms with Crippen LogP contribution in [0.1, 0.15) is 38.2 Å². The minimum atomic E-state index is -1.07. The lowest BCUT2D eigenvalue weighted by molar-refractivity contribution is -0.157. The van der Waals surface area contributed by atoms with E-state index in [0.29, 0.717) is 6.42 Å². The Morgan fingerprint density at radius 2 is 2.05 bits per heavy atom. The van der Waals surface area contributed by atoms with Crippen LogP contribution < -0.4 is 0 Å². The molecule has 1 aliphatic rings. The SMILES string of the molecule is CCOC(=O)[C@@H]1C(=O)C[C@@](C)(O)C[C@H]1c1ccccc1. The van der Waals surface area contributed by atoms with Crippen molar-refractivity contribution in [2.24, 2.45) is 5.92 Å². The molecule has 20 heavy (non-hydrogen) atoms. The average Bonchev–Trinajstić information content (AvgIpc) is 2.38. The van der Waals surface area contributed by atoms with Crippen LogP contribution in [0.2, 0.25) is 0 Å². The molecular weight excluding hydrogens is 256 g/mol. The van der Waals surface area contributed by atoms with Crippen molar-refractivity contribution >= 4 is 11.8 Å². The van der Waals surface area contributed by atoms with E-state index in [9.17, 15) is 14.7 Å². The molecule has 3 atom stereocenters. The summed E-state index contributed by atoms with van der Waals surface area (Å²) in [6, 6.07) is 9.37. The minimum Gasteiger partial charge on any atom is -0.465 e. The Morgan fingerprint density at radius 1 is 1.40 bits per heavy atom. The number of benzene rings is 1. The number of aliphatic hydroxyl groups is 1. The summed E-state index contributed by atoms with van der Waals surface area (Å²) in [6.07, 6.45) is 0.381. The lowest BCUT2D eigenvalue weighted by Gasteiger charge is -2.37. The summed E-state index contributed by atoms with van der Waals surface area (Å²) in [4.78, 5) is 24.3. The Balaban J connectivity index is 2.35. The van der Waals surface area contributed by atoms with E-state index < -0.39 is 17.5 Å². The Morgan fingerprint density at radius 3 is 2.65 bits per heavy atom. The van der Waals surface area contributed by atoms with Gasteiger partial charge in [-0.15, -0.1) is 0 Å². The van der Waals surface area contributed by atoms with Crippen molar-refractivity contribution in [1.29, 1.82) is 0 Å². The van der Waals surface area contributed by atoms with Gasteiger partial charge in [-0.25, -0.2) is 0 Å². The average molecular weight is 276 g/mol. The smallest absolute Gasteiger partial charge is 0.317 e. The number of hydrogen-bond acceptors (Lipinski definition) is 4. The van der Waals surface area contributed by atoms with Crippen LogP contribution in [0.4, 0.5) is 0 Å². The quantitative estimate of drug-likeness (QED) is 0.678. The van der Waals surface area contributed by atoms with Crippen molar-refractivity contribution in [2.75, 3.05) is 6.61 Å². The number of esters is 1. The Bertz CT molecular complexity index is 492. The molecule has 1 fully saturated rings. The van der Waals surface area contributed by atoms with Crippen LogP contribution in [0.25, 0.3) is 0 Å². The van der Waals surface area contributed by atoms with Crippen LogP contribution in [0.15, 0.2) is 30.3 Å². The highest BCUT2D eigenvalue weighted by Gasteiger charge is 2.46. The van der Waals surface area contributed by atoms with Gasteiger partial charge < -0.3 is 9.84 Å². The van der Waals surface area contributed by atoms with Crippen LogP contribution in [0.5, 0.6) is 0 Å². The molecule has 0 aliphatic heterocycles. The molecule has 1 N–H and O–H groups in total. The molecule has 0 heterocycles. The van der Waals surface area contributed by atoms with Crippen molar-refractivity contribution in [3.63, 3.8) is 0 Å². The van der Waals surface area contributed by atoms with E-state index in [2.05, 4.69) is 0 Å². The van der Waals surface area contributed by atoms with Crippen molar-refractivity contribution in [1.82, 2.24) is 0 Å². The summed E-state index contributed by atoms with van der Waals surface area (Å²) in [5.41, 5.74) is -0.181. The highest BCUT2D eigenvalue weighted by atomic mass is 16.5. The highest BCUT2D eigenvalue weighted by Crippen LogP contribution is 2.41. The Labute approximate surface area is 118 Å². The van der Waals surface area contributed by atoms with Gasteiger partial charge in [-0.3, -0.25) is 9.59 Å². The summed E-state index contributed by atoms with van der Waals surface area (Å²) in [5.74, 6) is -1.86. The van der Waals surface area contributed by atoms with E-state index in [4.69, 9.17) is 4.74 Å². The van der Waals surface area contributed by atoms with Gasteiger partial charge >= 0.3 is 5.97 Å². The van der Waals surface area contributed by atoms with Gasteiger partial charge in [0.05, 0.1) is 12.2 Å². The summed E-state index contributed by atoms with van der Waals surface area (Å²) in [6.45, 7) is 3.61. The molecular formula is C16H20O4. The first kappa shape index (κ1) is 14.7. The largest absolute Gasteiger partial charge is 0.465 e. The first-order valence-corrected chi connectivity index (χ1v) is 6.91. The van der Waals surface area contributed by atoms with E-state index in [1.807, 2.05) is 30.3 Å². The topological polar surface area (TPSA) is 63.6 Å². The van der Waals surface area contributed by atoms with Gasteiger partial charge in [0.15, 0.2) is 5.78 Å².